The summed E-state index contributed by atoms with van der Waals surface area (Å²) >= 11 is 0. The van der Waals surface area contributed by atoms with Crippen molar-refractivity contribution in [3.8, 4) is 0 Å². The number of hydrogen-bond acceptors (Lipinski definition) is 6. The predicted molar refractivity (Wildman–Crippen MR) is 60.1 cm³/mol. The smallest absolute Gasteiger partial charge is 0.155 e. The maximum atomic E-state index is 9.89. The summed E-state index contributed by atoms with van der Waals surface area (Å²) in [4.78, 5) is 7.98. The molecule has 0 aliphatic heterocycles. The number of anilines is 1. The number of rotatable bonds is 1. The average molecular weight is 235 g/mol. The molecule has 3 atom stereocenters. The first kappa shape index (κ1) is 10.4. The topological polar surface area (TPSA) is 121 Å². The Morgan fingerprint density at radius 2 is 2.06 bits per heavy atom. The van der Waals surface area contributed by atoms with Crippen LogP contribution in [-0.2, 0) is 0 Å². The summed E-state index contributed by atoms with van der Waals surface area (Å²) < 4.78 is 0. The van der Waals surface area contributed by atoms with Crippen LogP contribution in [0.2, 0.25) is 0 Å². The van der Waals surface area contributed by atoms with Crippen molar-refractivity contribution < 1.29 is 10.2 Å². The number of aliphatic hydroxyl groups excluding tert-OH is 2. The Hall–Kier alpha value is -1.73. The molecule has 1 saturated carbocycles. The third-order valence-corrected chi connectivity index (χ3v) is 3.34. The van der Waals surface area contributed by atoms with Gasteiger partial charge in [-0.3, -0.25) is 5.10 Å². The molecule has 0 aromatic carbocycles. The number of aromatic amines is 1. The van der Waals surface area contributed by atoms with Gasteiger partial charge in [0.1, 0.15) is 11.8 Å². The van der Waals surface area contributed by atoms with Crippen LogP contribution in [0.15, 0.2) is 6.33 Å². The van der Waals surface area contributed by atoms with Gasteiger partial charge >= 0.3 is 0 Å². The van der Waals surface area contributed by atoms with Crippen molar-refractivity contribution in [1.82, 2.24) is 20.2 Å². The quantitative estimate of drug-likeness (QED) is 0.530. The standard InChI is InChI=1S/C10H13N5O2/c11-10-8-7(12-3-13-10)6(14-15-8)4-1-2-5(16)9(4)17/h3-5,9,16-17H,1-2H2,(H,14,15)(H2,11,12,13)/t4-,5+,9-/m0/s1. The van der Waals surface area contributed by atoms with Crippen molar-refractivity contribution >= 4 is 16.9 Å². The van der Waals surface area contributed by atoms with E-state index in [0.29, 0.717) is 29.7 Å². The van der Waals surface area contributed by atoms with E-state index in [2.05, 4.69) is 20.2 Å². The zero-order chi connectivity index (χ0) is 12.0. The number of nitrogens with zero attached hydrogens (tertiary/aromatic N) is 3. The number of nitrogens with one attached hydrogen (secondary N) is 1. The minimum Gasteiger partial charge on any atom is -0.390 e. The Morgan fingerprint density at radius 1 is 1.24 bits per heavy atom. The summed E-state index contributed by atoms with van der Waals surface area (Å²) in [6.45, 7) is 0. The molecule has 3 rings (SSSR count). The maximum absolute atomic E-state index is 9.89. The van der Waals surface area contributed by atoms with Gasteiger partial charge < -0.3 is 15.9 Å². The lowest BCUT2D eigenvalue weighted by Crippen LogP contribution is -2.24. The fraction of sp³-hybridized carbons (Fsp3) is 0.500. The van der Waals surface area contributed by atoms with Gasteiger partial charge in [-0.25, -0.2) is 9.97 Å². The lowest BCUT2D eigenvalue weighted by molar-refractivity contribution is 0.0348. The highest BCUT2D eigenvalue weighted by Crippen LogP contribution is 2.36. The Kier molecular flexibility index (Phi) is 2.23. The summed E-state index contributed by atoms with van der Waals surface area (Å²) in [6, 6.07) is 0. The third-order valence-electron chi connectivity index (χ3n) is 3.34. The van der Waals surface area contributed by atoms with E-state index in [-0.39, 0.29) is 5.92 Å². The number of aliphatic hydroxyl groups is 2. The first-order valence-corrected chi connectivity index (χ1v) is 5.49. The lowest BCUT2D eigenvalue weighted by Gasteiger charge is -2.14. The molecule has 90 valence electrons. The maximum Gasteiger partial charge on any atom is 0.155 e. The molecule has 1 fully saturated rings. The average Bonchev–Trinajstić information content (AvgIpc) is 2.86. The molecule has 1 aliphatic rings. The van der Waals surface area contributed by atoms with Gasteiger partial charge in [0.05, 0.1) is 17.9 Å². The van der Waals surface area contributed by atoms with Gasteiger partial charge in [0.15, 0.2) is 11.3 Å². The molecule has 7 heteroatoms. The summed E-state index contributed by atoms with van der Waals surface area (Å²) in [7, 11) is 0. The second-order valence-electron chi connectivity index (χ2n) is 4.34. The van der Waals surface area contributed by atoms with Gasteiger partial charge in [-0.05, 0) is 12.8 Å². The van der Waals surface area contributed by atoms with Crippen LogP contribution in [0.5, 0.6) is 0 Å². The molecule has 7 nitrogen and oxygen atoms in total. The van der Waals surface area contributed by atoms with Gasteiger partial charge in [-0.1, -0.05) is 0 Å². The van der Waals surface area contributed by atoms with Crippen LogP contribution in [0, 0.1) is 0 Å². The lowest BCUT2D eigenvalue weighted by atomic mass is 10.0. The van der Waals surface area contributed by atoms with Crippen LogP contribution in [-0.4, -0.2) is 42.6 Å². The fourth-order valence-electron chi connectivity index (χ4n) is 2.40. The van der Waals surface area contributed by atoms with Crippen LogP contribution in [0.25, 0.3) is 11.0 Å². The largest absolute Gasteiger partial charge is 0.390 e. The Bertz CT molecular complexity index is 555. The van der Waals surface area contributed by atoms with Gasteiger partial charge in [0.25, 0.3) is 0 Å². The zero-order valence-electron chi connectivity index (χ0n) is 9.04. The van der Waals surface area contributed by atoms with Crippen LogP contribution in [0.3, 0.4) is 0 Å². The molecule has 2 aromatic heterocycles. The molecule has 5 N–H and O–H groups in total. The minimum absolute atomic E-state index is 0.177. The van der Waals surface area contributed by atoms with Gasteiger partial charge in [-0.15, -0.1) is 0 Å². The molecule has 0 spiro atoms. The van der Waals surface area contributed by atoms with Crippen molar-refractivity contribution in [1.29, 1.82) is 0 Å². The predicted octanol–water partition coefficient (Wildman–Crippen LogP) is -0.466. The molecule has 0 radical (unpaired) electrons. The molecule has 2 heterocycles. The van der Waals surface area contributed by atoms with Crippen LogP contribution >= 0.6 is 0 Å². The van der Waals surface area contributed by atoms with Crippen molar-refractivity contribution in [2.24, 2.45) is 0 Å². The van der Waals surface area contributed by atoms with Crippen molar-refractivity contribution in [2.75, 3.05) is 5.73 Å². The molecular formula is C10H13N5O2. The van der Waals surface area contributed by atoms with E-state index < -0.39 is 12.2 Å². The molecule has 1 aliphatic carbocycles. The first-order valence-electron chi connectivity index (χ1n) is 5.49. The highest BCUT2D eigenvalue weighted by atomic mass is 16.3. The van der Waals surface area contributed by atoms with E-state index in [1.165, 1.54) is 6.33 Å². The summed E-state index contributed by atoms with van der Waals surface area (Å²) in [5, 5.41) is 26.3. The Morgan fingerprint density at radius 3 is 2.76 bits per heavy atom. The summed E-state index contributed by atoms with van der Waals surface area (Å²) in [6.07, 6.45) is 1.18. The van der Waals surface area contributed by atoms with E-state index >= 15 is 0 Å². The van der Waals surface area contributed by atoms with E-state index in [1.54, 1.807) is 0 Å². The first-order chi connectivity index (χ1) is 8.18. The monoisotopic (exact) mass is 235 g/mol. The van der Waals surface area contributed by atoms with Crippen molar-refractivity contribution in [2.45, 2.75) is 31.0 Å². The minimum atomic E-state index is -0.783. The Balaban J connectivity index is 2.10. The molecule has 0 unspecified atom stereocenters. The number of fused-ring (bicyclic) bond motifs is 1. The van der Waals surface area contributed by atoms with Gasteiger partial charge in [0, 0.05) is 5.92 Å². The SMILES string of the molecule is Nc1ncnc2c([C@@H]3CC[C@@H](O)[C@H]3O)[nH]nc12. The molecule has 0 bridgehead atoms. The summed E-state index contributed by atoms with van der Waals surface area (Å²) in [5.41, 5.74) is 7.54. The zero-order valence-corrected chi connectivity index (χ0v) is 9.04. The van der Waals surface area contributed by atoms with Crippen LogP contribution in [0.1, 0.15) is 24.5 Å². The van der Waals surface area contributed by atoms with E-state index in [4.69, 9.17) is 5.73 Å². The van der Waals surface area contributed by atoms with Gasteiger partial charge in [-0.2, -0.15) is 5.10 Å². The Labute approximate surface area is 96.7 Å². The van der Waals surface area contributed by atoms with Crippen molar-refractivity contribution in [3.05, 3.63) is 12.0 Å². The van der Waals surface area contributed by atoms with E-state index in [0.717, 1.165) is 5.69 Å². The molecular weight excluding hydrogens is 222 g/mol. The highest BCUT2D eigenvalue weighted by Gasteiger charge is 2.36. The number of aromatic nitrogens is 4. The number of H-pyrrole nitrogens is 1. The molecule has 0 amide bonds. The van der Waals surface area contributed by atoms with Crippen LogP contribution in [0.4, 0.5) is 5.82 Å². The molecule has 0 saturated heterocycles. The second-order valence-corrected chi connectivity index (χ2v) is 4.34. The normalized spacial score (nSPS) is 28.9. The second kappa shape index (κ2) is 3.64. The molecule has 17 heavy (non-hydrogen) atoms. The molecule has 2 aromatic rings. The van der Waals surface area contributed by atoms with E-state index in [9.17, 15) is 10.2 Å². The van der Waals surface area contributed by atoms with Gasteiger partial charge in [0.2, 0.25) is 0 Å². The highest BCUT2D eigenvalue weighted by molar-refractivity contribution is 5.85. The van der Waals surface area contributed by atoms with E-state index in [1.807, 2.05) is 0 Å². The number of nitrogen functional groups attached to an aromatic ring is 1. The van der Waals surface area contributed by atoms with Crippen molar-refractivity contribution in [3.63, 3.8) is 0 Å². The third kappa shape index (κ3) is 1.47. The number of hydrogen-bond donors (Lipinski definition) is 4. The fourth-order valence-corrected chi connectivity index (χ4v) is 2.40. The number of nitrogens with two attached hydrogens (primary N) is 1. The van der Waals surface area contributed by atoms with Crippen LogP contribution < -0.4 is 5.73 Å². The summed E-state index contributed by atoms with van der Waals surface area (Å²) in [5.74, 6) is 0.134.